The normalized spacial score (nSPS) is 25.5. The zero-order valence-corrected chi connectivity index (χ0v) is 15.9. The largest absolute Gasteiger partial charge is 0.444 e. The zero-order valence-electron chi connectivity index (χ0n) is 15.9. The van der Waals surface area contributed by atoms with Crippen molar-refractivity contribution >= 4 is 22.9 Å². The molecule has 4 rings (SSSR count). The number of aromatic nitrogens is 3. The van der Waals surface area contributed by atoms with Gasteiger partial charge in [0.2, 0.25) is 0 Å². The highest BCUT2D eigenvalue weighted by Gasteiger charge is 2.44. The molecule has 2 aromatic rings. The Morgan fingerprint density at radius 2 is 1.96 bits per heavy atom. The van der Waals surface area contributed by atoms with E-state index in [4.69, 9.17) is 4.74 Å². The van der Waals surface area contributed by atoms with Gasteiger partial charge >= 0.3 is 6.09 Å². The summed E-state index contributed by atoms with van der Waals surface area (Å²) >= 11 is 0. The van der Waals surface area contributed by atoms with Crippen molar-refractivity contribution in [2.75, 3.05) is 25.0 Å². The first kappa shape index (κ1) is 17.1. The molecule has 1 aliphatic carbocycles. The molecule has 140 valence electrons. The van der Waals surface area contributed by atoms with E-state index < -0.39 is 5.60 Å². The molecule has 1 saturated heterocycles. The van der Waals surface area contributed by atoms with Gasteiger partial charge in [-0.25, -0.2) is 14.8 Å². The number of hydrogen-bond donors (Lipinski definition) is 1. The van der Waals surface area contributed by atoms with Crippen molar-refractivity contribution in [1.82, 2.24) is 19.9 Å². The van der Waals surface area contributed by atoms with Crippen LogP contribution in [0.25, 0.3) is 11.0 Å². The fraction of sp³-hybridized carbons (Fsp3) is 0.632. The molecule has 0 aromatic carbocycles. The van der Waals surface area contributed by atoms with Crippen LogP contribution in [0, 0.1) is 11.8 Å². The molecule has 7 heteroatoms. The molecule has 0 bridgehead atoms. The van der Waals surface area contributed by atoms with Crippen LogP contribution in [0.15, 0.2) is 18.6 Å². The molecule has 0 radical (unpaired) electrons. The monoisotopic (exact) mass is 357 g/mol. The second-order valence-corrected chi connectivity index (χ2v) is 8.58. The molecule has 1 amide bonds. The highest BCUT2D eigenvalue weighted by Crippen LogP contribution is 2.41. The number of nitrogens with zero attached hydrogens (tertiary/aromatic N) is 4. The lowest BCUT2D eigenvalue weighted by atomic mass is 10.0. The molecule has 2 aromatic heterocycles. The van der Waals surface area contributed by atoms with Gasteiger partial charge in [-0.1, -0.05) is 0 Å². The first-order valence-corrected chi connectivity index (χ1v) is 9.30. The third kappa shape index (κ3) is 3.10. The number of rotatable bonds is 2. The average Bonchev–Trinajstić information content (AvgIpc) is 3.25. The molecule has 0 spiro atoms. The average molecular weight is 357 g/mol. The van der Waals surface area contributed by atoms with Crippen LogP contribution in [0.4, 0.5) is 10.6 Å². The van der Waals surface area contributed by atoms with Crippen LogP contribution in [0.1, 0.15) is 33.6 Å². The maximum Gasteiger partial charge on any atom is 0.410 e. The molecule has 1 N–H and O–H groups in total. The van der Waals surface area contributed by atoms with Gasteiger partial charge in [0.15, 0.2) is 0 Å². The first-order chi connectivity index (χ1) is 12.3. The number of amides is 1. The van der Waals surface area contributed by atoms with E-state index in [1.165, 1.54) is 0 Å². The lowest BCUT2D eigenvalue weighted by Crippen LogP contribution is -2.37. The van der Waals surface area contributed by atoms with E-state index in [0.717, 1.165) is 42.8 Å². The minimum absolute atomic E-state index is 0.179. The van der Waals surface area contributed by atoms with Gasteiger partial charge in [-0.05, 0) is 51.5 Å². The maximum atomic E-state index is 12.3. The number of anilines is 1. The third-order valence-electron chi connectivity index (χ3n) is 5.59. The Labute approximate surface area is 153 Å². The third-order valence-corrected chi connectivity index (χ3v) is 5.59. The van der Waals surface area contributed by atoms with Gasteiger partial charge in [0.05, 0.1) is 5.39 Å². The molecule has 1 saturated carbocycles. The van der Waals surface area contributed by atoms with Gasteiger partial charge in [0.25, 0.3) is 0 Å². The van der Waals surface area contributed by atoms with Crippen molar-refractivity contribution in [3.8, 4) is 0 Å². The smallest absolute Gasteiger partial charge is 0.410 e. The SMILES string of the molecule is CN(c1ncnc2[nH]ccc12)C1C[C@@H]2CN(C(=O)OC(C)(C)C)C[C@@H]2C1. The van der Waals surface area contributed by atoms with Crippen LogP contribution in [0.3, 0.4) is 0 Å². The second kappa shape index (κ2) is 6.14. The van der Waals surface area contributed by atoms with Gasteiger partial charge < -0.3 is 19.5 Å². The summed E-state index contributed by atoms with van der Waals surface area (Å²) in [6, 6.07) is 2.47. The second-order valence-electron chi connectivity index (χ2n) is 8.58. The van der Waals surface area contributed by atoms with Gasteiger partial charge in [0, 0.05) is 32.4 Å². The summed E-state index contributed by atoms with van der Waals surface area (Å²) in [5, 5.41) is 1.06. The number of carbonyl (C=O) groups is 1. The topological polar surface area (TPSA) is 74.4 Å². The van der Waals surface area contributed by atoms with Crippen molar-refractivity contribution in [2.24, 2.45) is 11.8 Å². The van der Waals surface area contributed by atoms with E-state index in [-0.39, 0.29) is 6.09 Å². The van der Waals surface area contributed by atoms with E-state index >= 15 is 0 Å². The minimum Gasteiger partial charge on any atom is -0.444 e. The quantitative estimate of drug-likeness (QED) is 0.894. The van der Waals surface area contributed by atoms with E-state index in [1.807, 2.05) is 37.9 Å². The Hall–Kier alpha value is -2.31. The van der Waals surface area contributed by atoms with Crippen LogP contribution in [0.5, 0.6) is 0 Å². The van der Waals surface area contributed by atoms with E-state index in [2.05, 4.69) is 26.9 Å². The van der Waals surface area contributed by atoms with Crippen molar-refractivity contribution in [2.45, 2.75) is 45.3 Å². The summed E-state index contributed by atoms with van der Waals surface area (Å²) in [5.41, 5.74) is 0.433. The number of ether oxygens (including phenoxy) is 1. The summed E-state index contributed by atoms with van der Waals surface area (Å²) < 4.78 is 5.53. The molecule has 1 aliphatic heterocycles. The number of aromatic amines is 1. The fourth-order valence-corrected chi connectivity index (χ4v) is 4.37. The summed E-state index contributed by atoms with van der Waals surface area (Å²) in [6.45, 7) is 7.34. The molecule has 7 nitrogen and oxygen atoms in total. The van der Waals surface area contributed by atoms with Gasteiger partial charge in [0.1, 0.15) is 23.4 Å². The van der Waals surface area contributed by atoms with Crippen LogP contribution in [-0.2, 0) is 4.74 Å². The Morgan fingerprint density at radius 3 is 2.62 bits per heavy atom. The highest BCUT2D eigenvalue weighted by atomic mass is 16.6. The van der Waals surface area contributed by atoms with Crippen molar-refractivity contribution in [3.63, 3.8) is 0 Å². The number of carbonyl (C=O) groups excluding carboxylic acids is 1. The molecule has 3 atom stereocenters. The fourth-order valence-electron chi connectivity index (χ4n) is 4.37. The van der Waals surface area contributed by atoms with Crippen molar-refractivity contribution < 1.29 is 9.53 Å². The summed E-state index contributed by atoms with van der Waals surface area (Å²) in [6.07, 6.45) is 5.50. The van der Waals surface area contributed by atoms with Crippen LogP contribution in [0.2, 0.25) is 0 Å². The number of likely N-dealkylation sites (tertiary alicyclic amines) is 1. The van der Waals surface area contributed by atoms with Crippen molar-refractivity contribution in [1.29, 1.82) is 0 Å². The minimum atomic E-state index is -0.438. The molecule has 3 heterocycles. The first-order valence-electron chi connectivity index (χ1n) is 9.30. The molecule has 2 aliphatic rings. The Bertz CT molecular complexity index is 798. The van der Waals surface area contributed by atoms with Gasteiger partial charge in [-0.2, -0.15) is 0 Å². The molecule has 1 unspecified atom stereocenters. The summed E-state index contributed by atoms with van der Waals surface area (Å²) in [5.74, 6) is 2.06. The summed E-state index contributed by atoms with van der Waals surface area (Å²) in [7, 11) is 2.12. The predicted octanol–water partition coefficient (Wildman–Crippen LogP) is 3.04. The molecular formula is C19H27N5O2. The number of H-pyrrole nitrogens is 1. The number of hydrogen-bond acceptors (Lipinski definition) is 5. The van der Waals surface area contributed by atoms with Gasteiger partial charge in [-0.15, -0.1) is 0 Å². The predicted molar refractivity (Wildman–Crippen MR) is 100 cm³/mol. The van der Waals surface area contributed by atoms with Crippen LogP contribution >= 0.6 is 0 Å². The Kier molecular flexibility index (Phi) is 4.04. The highest BCUT2D eigenvalue weighted by molar-refractivity contribution is 5.87. The molecule has 2 fully saturated rings. The van der Waals surface area contributed by atoms with E-state index in [0.29, 0.717) is 17.9 Å². The lowest BCUT2D eigenvalue weighted by Gasteiger charge is -2.28. The Balaban J connectivity index is 1.42. The number of nitrogens with one attached hydrogen (secondary N) is 1. The Morgan fingerprint density at radius 1 is 1.27 bits per heavy atom. The van der Waals surface area contributed by atoms with Crippen LogP contribution < -0.4 is 4.90 Å². The number of fused-ring (bicyclic) bond motifs is 2. The van der Waals surface area contributed by atoms with Crippen molar-refractivity contribution in [3.05, 3.63) is 18.6 Å². The molecule has 26 heavy (non-hydrogen) atoms. The zero-order chi connectivity index (χ0) is 18.5. The maximum absolute atomic E-state index is 12.3. The standard InChI is InChI=1S/C19H27N5O2/c1-19(2,3)26-18(25)24-9-12-7-14(8-13(12)10-24)23(4)17-15-5-6-20-16(15)21-11-22-17/h5-6,11-14H,7-10H2,1-4H3,(H,20,21,22)/t12-,13+,14?. The summed E-state index contributed by atoms with van der Waals surface area (Å²) in [4.78, 5) is 28.4. The van der Waals surface area contributed by atoms with Gasteiger partial charge in [-0.3, -0.25) is 0 Å². The molecular weight excluding hydrogens is 330 g/mol. The van der Waals surface area contributed by atoms with Crippen LogP contribution in [-0.4, -0.2) is 57.7 Å². The lowest BCUT2D eigenvalue weighted by molar-refractivity contribution is 0.0279. The van der Waals surface area contributed by atoms with E-state index in [9.17, 15) is 4.79 Å². The van der Waals surface area contributed by atoms with E-state index in [1.54, 1.807) is 6.33 Å².